The van der Waals surface area contributed by atoms with Crippen LogP contribution in [0.5, 0.6) is 0 Å². The summed E-state index contributed by atoms with van der Waals surface area (Å²) in [5, 5.41) is 12.3. The highest BCUT2D eigenvalue weighted by atomic mass is 19.1. The van der Waals surface area contributed by atoms with E-state index in [1.165, 1.54) is 18.5 Å². The van der Waals surface area contributed by atoms with Crippen molar-refractivity contribution >= 4 is 16.9 Å². The molecule has 1 amide bonds. The highest BCUT2D eigenvalue weighted by molar-refractivity contribution is 6.04. The van der Waals surface area contributed by atoms with Crippen LogP contribution in [0.15, 0.2) is 18.5 Å². The second kappa shape index (κ2) is 7.06. The van der Waals surface area contributed by atoms with Crippen LogP contribution >= 0.6 is 0 Å². The summed E-state index contributed by atoms with van der Waals surface area (Å²) < 4.78 is 13.5. The third-order valence-electron chi connectivity index (χ3n) is 4.23. The first-order chi connectivity index (χ1) is 11.1. The molecule has 7 heteroatoms. The van der Waals surface area contributed by atoms with Gasteiger partial charge in [0.2, 0.25) is 0 Å². The van der Waals surface area contributed by atoms with E-state index < -0.39 is 5.82 Å². The number of nitrogens with one attached hydrogen (secondary N) is 2. The van der Waals surface area contributed by atoms with E-state index >= 15 is 0 Å². The quantitative estimate of drug-likeness (QED) is 0.725. The predicted molar refractivity (Wildman–Crippen MR) is 84.7 cm³/mol. The van der Waals surface area contributed by atoms with Crippen LogP contribution in [-0.2, 0) is 0 Å². The van der Waals surface area contributed by atoms with Gasteiger partial charge in [-0.15, -0.1) is 0 Å². The van der Waals surface area contributed by atoms with Crippen molar-refractivity contribution in [1.82, 2.24) is 20.2 Å². The minimum absolute atomic E-state index is 0.171. The van der Waals surface area contributed by atoms with Crippen LogP contribution in [0.1, 0.15) is 29.6 Å². The van der Waals surface area contributed by atoms with E-state index in [1.54, 1.807) is 0 Å². The SMILES string of the molecule is O=C(NCCCN1CCC(O)CC1)c1cc(F)cc2[nH]cnc12. The number of carbonyl (C=O) groups excluding carboxylic acids is 1. The number of aromatic amines is 1. The fourth-order valence-corrected chi connectivity index (χ4v) is 2.93. The zero-order chi connectivity index (χ0) is 16.2. The first-order valence-electron chi connectivity index (χ1n) is 7.95. The highest BCUT2D eigenvalue weighted by Crippen LogP contribution is 2.17. The molecule has 2 heterocycles. The number of imidazole rings is 1. The largest absolute Gasteiger partial charge is 0.393 e. The van der Waals surface area contributed by atoms with Crippen LogP contribution < -0.4 is 5.32 Å². The average Bonchev–Trinajstić information content (AvgIpc) is 3.00. The van der Waals surface area contributed by atoms with Crippen molar-refractivity contribution in [1.29, 1.82) is 0 Å². The van der Waals surface area contributed by atoms with Crippen molar-refractivity contribution in [3.63, 3.8) is 0 Å². The second-order valence-corrected chi connectivity index (χ2v) is 5.93. The number of benzene rings is 1. The van der Waals surface area contributed by atoms with Crippen LogP contribution in [0.4, 0.5) is 4.39 Å². The minimum atomic E-state index is -0.459. The molecular weight excluding hydrogens is 299 g/mol. The lowest BCUT2D eigenvalue weighted by atomic mass is 10.1. The number of H-pyrrole nitrogens is 1. The lowest BCUT2D eigenvalue weighted by molar-refractivity contribution is 0.0816. The fraction of sp³-hybridized carbons (Fsp3) is 0.500. The molecule has 3 rings (SSSR count). The average molecular weight is 320 g/mol. The van der Waals surface area contributed by atoms with Crippen LogP contribution in [0, 0.1) is 5.82 Å². The van der Waals surface area contributed by atoms with E-state index in [0.717, 1.165) is 38.9 Å². The Morgan fingerprint density at radius 2 is 2.22 bits per heavy atom. The van der Waals surface area contributed by atoms with E-state index in [9.17, 15) is 14.3 Å². The number of piperidine rings is 1. The number of nitrogens with zero attached hydrogens (tertiary/aromatic N) is 2. The standard InChI is InChI=1S/C16H21FN4O2/c17-11-8-13(15-14(9-11)19-10-20-15)16(23)18-4-1-5-21-6-2-12(22)3-7-21/h8-10,12,22H,1-7H2,(H,18,23)(H,19,20). The molecule has 3 N–H and O–H groups in total. The number of rotatable bonds is 5. The van der Waals surface area contributed by atoms with Gasteiger partial charge in [0.15, 0.2) is 0 Å². The molecule has 1 saturated heterocycles. The van der Waals surface area contributed by atoms with Crippen molar-refractivity contribution in [3.05, 3.63) is 29.8 Å². The number of carbonyl (C=O) groups is 1. The molecule has 6 nitrogen and oxygen atoms in total. The van der Waals surface area contributed by atoms with Crippen LogP contribution in [-0.4, -0.2) is 58.2 Å². The Balaban J connectivity index is 1.50. The topological polar surface area (TPSA) is 81.3 Å². The number of amides is 1. The third kappa shape index (κ3) is 3.86. The molecule has 0 radical (unpaired) electrons. The number of likely N-dealkylation sites (tertiary alicyclic amines) is 1. The number of halogens is 1. The first-order valence-corrected chi connectivity index (χ1v) is 7.95. The van der Waals surface area contributed by atoms with Gasteiger partial charge in [0.25, 0.3) is 5.91 Å². The number of aliphatic hydroxyl groups excluding tert-OH is 1. The van der Waals surface area contributed by atoms with Gasteiger partial charge in [-0.3, -0.25) is 4.79 Å². The van der Waals surface area contributed by atoms with Gasteiger partial charge in [-0.1, -0.05) is 0 Å². The zero-order valence-corrected chi connectivity index (χ0v) is 12.9. The summed E-state index contributed by atoms with van der Waals surface area (Å²) in [5.41, 5.74) is 1.25. The Morgan fingerprint density at radius 3 is 3.00 bits per heavy atom. The fourth-order valence-electron chi connectivity index (χ4n) is 2.93. The van der Waals surface area contributed by atoms with Crippen LogP contribution in [0.2, 0.25) is 0 Å². The predicted octanol–water partition coefficient (Wildman–Crippen LogP) is 1.28. The summed E-state index contributed by atoms with van der Waals surface area (Å²) in [7, 11) is 0. The van der Waals surface area contributed by atoms with Crippen molar-refractivity contribution in [2.45, 2.75) is 25.4 Å². The molecule has 0 unspecified atom stereocenters. The van der Waals surface area contributed by atoms with Crippen molar-refractivity contribution in [2.24, 2.45) is 0 Å². The molecule has 0 spiro atoms. The molecular formula is C16H21FN4O2. The Labute approximate surface area is 133 Å². The Morgan fingerprint density at radius 1 is 1.43 bits per heavy atom. The monoisotopic (exact) mass is 320 g/mol. The molecule has 0 atom stereocenters. The Hall–Kier alpha value is -1.99. The maximum atomic E-state index is 13.5. The lowest BCUT2D eigenvalue weighted by Gasteiger charge is -2.29. The summed E-state index contributed by atoms with van der Waals surface area (Å²) >= 11 is 0. The third-order valence-corrected chi connectivity index (χ3v) is 4.23. The van der Waals surface area contributed by atoms with E-state index in [0.29, 0.717) is 17.6 Å². The Kier molecular flexibility index (Phi) is 4.88. The normalized spacial score (nSPS) is 16.8. The van der Waals surface area contributed by atoms with Crippen molar-refractivity contribution < 1.29 is 14.3 Å². The molecule has 23 heavy (non-hydrogen) atoms. The minimum Gasteiger partial charge on any atom is -0.393 e. The molecule has 1 aliphatic heterocycles. The lowest BCUT2D eigenvalue weighted by Crippen LogP contribution is -2.37. The van der Waals surface area contributed by atoms with E-state index in [1.807, 2.05) is 0 Å². The molecule has 0 aliphatic carbocycles. The number of aromatic nitrogens is 2. The summed E-state index contributed by atoms with van der Waals surface area (Å²) in [5.74, 6) is -0.769. The Bertz CT molecular complexity index is 680. The summed E-state index contributed by atoms with van der Waals surface area (Å²) in [6.45, 7) is 3.20. The van der Waals surface area contributed by atoms with Crippen LogP contribution in [0.25, 0.3) is 11.0 Å². The second-order valence-electron chi connectivity index (χ2n) is 5.93. The molecule has 0 bridgehead atoms. The van der Waals surface area contributed by atoms with Gasteiger partial charge in [0.1, 0.15) is 11.3 Å². The number of aliphatic hydroxyl groups is 1. The molecule has 2 aromatic rings. The summed E-state index contributed by atoms with van der Waals surface area (Å²) in [6, 6.07) is 2.54. The van der Waals surface area contributed by atoms with Gasteiger partial charge < -0.3 is 20.3 Å². The number of hydrogen-bond donors (Lipinski definition) is 3. The van der Waals surface area contributed by atoms with E-state index in [2.05, 4.69) is 20.2 Å². The highest BCUT2D eigenvalue weighted by Gasteiger charge is 2.17. The molecule has 0 saturated carbocycles. The maximum absolute atomic E-state index is 13.5. The maximum Gasteiger partial charge on any atom is 0.253 e. The number of fused-ring (bicyclic) bond motifs is 1. The van der Waals surface area contributed by atoms with Crippen molar-refractivity contribution in [2.75, 3.05) is 26.2 Å². The molecule has 1 aromatic heterocycles. The molecule has 1 aromatic carbocycles. The van der Waals surface area contributed by atoms with Crippen molar-refractivity contribution in [3.8, 4) is 0 Å². The van der Waals surface area contributed by atoms with Crippen LogP contribution in [0.3, 0.4) is 0 Å². The van der Waals surface area contributed by atoms with E-state index in [-0.39, 0.29) is 17.6 Å². The van der Waals surface area contributed by atoms with Gasteiger partial charge in [0, 0.05) is 19.6 Å². The summed E-state index contributed by atoms with van der Waals surface area (Å²) in [4.78, 5) is 21.4. The number of hydrogen-bond acceptors (Lipinski definition) is 4. The van der Waals surface area contributed by atoms with Gasteiger partial charge >= 0.3 is 0 Å². The summed E-state index contributed by atoms with van der Waals surface area (Å²) in [6.07, 6.45) is 3.72. The molecule has 124 valence electrons. The van der Waals surface area contributed by atoms with Gasteiger partial charge in [-0.05, 0) is 37.9 Å². The molecule has 1 fully saturated rings. The molecule has 1 aliphatic rings. The van der Waals surface area contributed by atoms with E-state index in [4.69, 9.17) is 0 Å². The van der Waals surface area contributed by atoms with Gasteiger partial charge in [0.05, 0.1) is 23.5 Å². The zero-order valence-electron chi connectivity index (χ0n) is 12.9. The first kappa shape index (κ1) is 15.9. The van der Waals surface area contributed by atoms with Gasteiger partial charge in [-0.25, -0.2) is 9.37 Å². The van der Waals surface area contributed by atoms with Gasteiger partial charge in [-0.2, -0.15) is 0 Å². The smallest absolute Gasteiger partial charge is 0.253 e.